The number of aryl methyl sites for hydroxylation is 1. The number of aromatic nitrogens is 2. The Kier molecular flexibility index (Phi) is 5.65. The molecule has 0 unspecified atom stereocenters. The van der Waals surface area contributed by atoms with Crippen molar-refractivity contribution >= 4 is 23.5 Å². The van der Waals surface area contributed by atoms with Crippen molar-refractivity contribution in [1.29, 1.82) is 0 Å². The highest BCUT2D eigenvalue weighted by Crippen LogP contribution is 2.40. The van der Waals surface area contributed by atoms with Crippen LogP contribution < -0.4 is 4.74 Å². The molecule has 3 aromatic rings. The third-order valence-electron chi connectivity index (χ3n) is 5.07. The Balaban J connectivity index is 1.74. The summed E-state index contributed by atoms with van der Waals surface area (Å²) >= 11 is 6.15. The summed E-state index contributed by atoms with van der Waals surface area (Å²) in [5, 5.41) is 4.92. The number of methoxy groups -OCH3 is 1. The number of halogens is 2. The van der Waals surface area contributed by atoms with Crippen LogP contribution >= 0.6 is 11.6 Å². The van der Waals surface area contributed by atoms with Gasteiger partial charge in [-0.25, -0.2) is 4.39 Å². The van der Waals surface area contributed by atoms with E-state index in [1.165, 1.54) is 18.1 Å². The first-order valence-corrected chi connectivity index (χ1v) is 9.85. The molecule has 0 aliphatic carbocycles. The van der Waals surface area contributed by atoms with E-state index in [1.807, 2.05) is 0 Å². The molecule has 1 aliphatic heterocycles. The number of hydrogen-bond donors (Lipinski definition) is 0. The average molecular weight is 444 g/mol. The van der Waals surface area contributed by atoms with E-state index in [2.05, 4.69) is 5.10 Å². The van der Waals surface area contributed by atoms with Crippen LogP contribution in [0.15, 0.2) is 42.5 Å². The number of carbonyl (C=O) groups is 2. The summed E-state index contributed by atoms with van der Waals surface area (Å²) in [6.07, 6.45) is 0. The van der Waals surface area contributed by atoms with Crippen LogP contribution in [-0.2, 0) is 29.7 Å². The summed E-state index contributed by atoms with van der Waals surface area (Å²) in [4.78, 5) is 26.6. The Bertz CT molecular complexity index is 1180. The molecule has 0 atom stereocenters. The van der Waals surface area contributed by atoms with Crippen molar-refractivity contribution in [2.24, 2.45) is 7.05 Å². The summed E-state index contributed by atoms with van der Waals surface area (Å²) in [5.41, 5.74) is 2.40. The molecule has 0 fully saturated rings. The van der Waals surface area contributed by atoms with E-state index in [0.29, 0.717) is 22.0 Å². The third-order valence-corrected chi connectivity index (χ3v) is 5.31. The van der Waals surface area contributed by atoms with Crippen LogP contribution in [0.25, 0.3) is 11.3 Å². The van der Waals surface area contributed by atoms with Crippen molar-refractivity contribution in [3.05, 3.63) is 70.1 Å². The Morgan fingerprint density at radius 1 is 1.29 bits per heavy atom. The molecule has 1 amide bonds. The van der Waals surface area contributed by atoms with Gasteiger partial charge < -0.3 is 14.4 Å². The van der Waals surface area contributed by atoms with E-state index in [4.69, 9.17) is 21.1 Å². The smallest absolute Gasteiger partial charge is 0.325 e. The van der Waals surface area contributed by atoms with Gasteiger partial charge in [0.25, 0.3) is 5.91 Å². The summed E-state index contributed by atoms with van der Waals surface area (Å²) < 4.78 is 26.3. The predicted octanol–water partition coefficient (Wildman–Crippen LogP) is 3.59. The zero-order chi connectivity index (χ0) is 22.1. The summed E-state index contributed by atoms with van der Waals surface area (Å²) in [7, 11) is 2.94. The van der Waals surface area contributed by atoms with Crippen molar-refractivity contribution in [2.75, 3.05) is 13.7 Å². The van der Waals surface area contributed by atoms with Crippen LogP contribution in [0.4, 0.5) is 4.39 Å². The van der Waals surface area contributed by atoms with E-state index in [-0.39, 0.29) is 31.0 Å². The summed E-state index contributed by atoms with van der Waals surface area (Å²) in [5.74, 6) is -0.987. The molecule has 1 aliphatic rings. The second kappa shape index (κ2) is 8.39. The van der Waals surface area contributed by atoms with Crippen LogP contribution in [-0.4, -0.2) is 40.2 Å². The van der Waals surface area contributed by atoms with Gasteiger partial charge >= 0.3 is 5.97 Å². The van der Waals surface area contributed by atoms with Gasteiger partial charge in [-0.05, 0) is 24.3 Å². The maximum atomic E-state index is 14.2. The molecule has 0 saturated carbocycles. The fourth-order valence-corrected chi connectivity index (χ4v) is 3.75. The van der Waals surface area contributed by atoms with Crippen molar-refractivity contribution in [3.63, 3.8) is 0 Å². The molecule has 0 saturated heterocycles. The summed E-state index contributed by atoms with van der Waals surface area (Å²) in [6, 6.07) is 11.3. The second-order valence-electron chi connectivity index (χ2n) is 7.06. The van der Waals surface area contributed by atoms with Crippen molar-refractivity contribution in [2.45, 2.75) is 13.2 Å². The van der Waals surface area contributed by atoms with E-state index in [9.17, 15) is 14.0 Å². The minimum Gasteiger partial charge on any atom is -0.488 e. The minimum absolute atomic E-state index is 0.116. The maximum absolute atomic E-state index is 14.2. The fourth-order valence-electron chi connectivity index (χ4n) is 3.58. The topological polar surface area (TPSA) is 73.7 Å². The lowest BCUT2D eigenvalue weighted by Gasteiger charge is -2.23. The van der Waals surface area contributed by atoms with Crippen LogP contribution in [0.2, 0.25) is 5.02 Å². The van der Waals surface area contributed by atoms with Gasteiger partial charge in [-0.1, -0.05) is 29.8 Å². The van der Waals surface area contributed by atoms with Gasteiger partial charge in [0.15, 0.2) is 5.69 Å². The summed E-state index contributed by atoms with van der Waals surface area (Å²) in [6.45, 7) is -0.335. The first-order chi connectivity index (χ1) is 14.9. The lowest BCUT2D eigenvalue weighted by Crippen LogP contribution is -2.37. The number of rotatable bonds is 5. The highest BCUT2D eigenvalue weighted by atomic mass is 35.5. The fraction of sp³-hybridized carbons (Fsp3) is 0.227. The van der Waals surface area contributed by atoms with E-state index in [0.717, 1.165) is 5.56 Å². The Labute approximate surface area is 182 Å². The maximum Gasteiger partial charge on any atom is 0.325 e. The van der Waals surface area contributed by atoms with Crippen LogP contribution in [0.1, 0.15) is 21.6 Å². The van der Waals surface area contributed by atoms with Gasteiger partial charge in [-0.3, -0.25) is 14.3 Å². The van der Waals surface area contributed by atoms with Gasteiger partial charge in [0.1, 0.15) is 24.7 Å². The van der Waals surface area contributed by atoms with Crippen LogP contribution in [0.5, 0.6) is 5.75 Å². The zero-order valence-electron chi connectivity index (χ0n) is 16.9. The SMILES string of the molecule is COC(=O)CN(Cc1ccccc1F)C(=O)c1nn(C)c2c1COc1ccc(Cl)cc1-2. The number of esters is 1. The van der Waals surface area contributed by atoms with E-state index in [1.54, 1.807) is 48.1 Å². The third kappa shape index (κ3) is 3.98. The lowest BCUT2D eigenvalue weighted by atomic mass is 10.0. The van der Waals surface area contributed by atoms with Gasteiger partial charge in [-0.15, -0.1) is 0 Å². The number of carbonyl (C=O) groups excluding carboxylic acids is 2. The number of fused-ring (bicyclic) bond motifs is 3. The molecule has 1 aromatic heterocycles. The number of benzene rings is 2. The number of hydrogen-bond acceptors (Lipinski definition) is 5. The van der Waals surface area contributed by atoms with E-state index >= 15 is 0 Å². The van der Waals surface area contributed by atoms with Crippen molar-refractivity contribution in [3.8, 4) is 17.0 Å². The normalized spacial score (nSPS) is 11.9. The van der Waals surface area contributed by atoms with Crippen molar-refractivity contribution in [1.82, 2.24) is 14.7 Å². The number of amides is 1. The van der Waals surface area contributed by atoms with Crippen LogP contribution in [0.3, 0.4) is 0 Å². The molecule has 9 heteroatoms. The number of nitrogens with zero attached hydrogens (tertiary/aromatic N) is 3. The lowest BCUT2D eigenvalue weighted by molar-refractivity contribution is -0.141. The minimum atomic E-state index is -0.622. The molecule has 0 spiro atoms. The van der Waals surface area contributed by atoms with Gasteiger partial charge in [0, 0.05) is 35.3 Å². The molecule has 7 nitrogen and oxygen atoms in total. The zero-order valence-corrected chi connectivity index (χ0v) is 17.6. The average Bonchev–Trinajstić information content (AvgIpc) is 3.11. The van der Waals surface area contributed by atoms with E-state index < -0.39 is 17.7 Å². The molecule has 31 heavy (non-hydrogen) atoms. The molecule has 2 aromatic carbocycles. The number of ether oxygens (including phenoxy) is 2. The molecule has 0 radical (unpaired) electrons. The highest BCUT2D eigenvalue weighted by Gasteiger charge is 2.32. The van der Waals surface area contributed by atoms with Gasteiger partial charge in [-0.2, -0.15) is 5.10 Å². The molecule has 4 rings (SSSR count). The van der Waals surface area contributed by atoms with Crippen LogP contribution in [0, 0.1) is 5.82 Å². The van der Waals surface area contributed by atoms with Gasteiger partial charge in [0.2, 0.25) is 0 Å². The molecule has 160 valence electrons. The standard InChI is InChI=1S/C22H19ClFN3O4/c1-26-21-15-9-14(23)7-8-18(15)31-12-16(21)20(25-26)22(29)27(11-19(28)30-2)10-13-5-3-4-6-17(13)24/h3-9H,10-12H2,1-2H3. The Morgan fingerprint density at radius 2 is 2.06 bits per heavy atom. The Hall–Kier alpha value is -3.39. The monoisotopic (exact) mass is 443 g/mol. The molecule has 0 N–H and O–H groups in total. The van der Waals surface area contributed by atoms with Crippen molar-refractivity contribution < 1.29 is 23.5 Å². The Morgan fingerprint density at radius 3 is 2.81 bits per heavy atom. The first-order valence-electron chi connectivity index (χ1n) is 9.47. The molecule has 0 bridgehead atoms. The predicted molar refractivity (Wildman–Crippen MR) is 111 cm³/mol. The highest BCUT2D eigenvalue weighted by molar-refractivity contribution is 6.31. The molecular formula is C22H19ClFN3O4. The largest absolute Gasteiger partial charge is 0.488 e. The van der Waals surface area contributed by atoms with Gasteiger partial charge in [0.05, 0.1) is 12.8 Å². The first kappa shape index (κ1) is 20.9. The molecular weight excluding hydrogens is 425 g/mol. The quantitative estimate of drug-likeness (QED) is 0.563. The molecule has 2 heterocycles. The second-order valence-corrected chi connectivity index (χ2v) is 7.49.